The molecule has 4 rings (SSSR count). The second kappa shape index (κ2) is 8.10. The maximum atomic E-state index is 13.5. The fourth-order valence-corrected chi connectivity index (χ4v) is 3.84. The Morgan fingerprint density at radius 3 is 2.06 bits per heavy atom. The van der Waals surface area contributed by atoms with Crippen LogP contribution in [-0.2, 0) is 9.59 Å². The van der Waals surface area contributed by atoms with Crippen molar-refractivity contribution in [2.24, 2.45) is 5.92 Å². The molecule has 1 fully saturated rings. The highest BCUT2D eigenvalue weighted by Crippen LogP contribution is 2.44. The normalized spacial score (nSPS) is 18.4. The minimum absolute atomic E-state index is 0.105. The third kappa shape index (κ3) is 3.59. The van der Waals surface area contributed by atoms with Gasteiger partial charge in [-0.1, -0.05) is 18.2 Å². The SMILES string of the molecule is COc1ccccc1C1C(C(=O)c2ccc(F)cc2)C(=O)C(=O)N1c1ccc(F)cc1. The fourth-order valence-electron chi connectivity index (χ4n) is 3.84. The lowest BCUT2D eigenvalue weighted by molar-refractivity contribution is -0.135. The number of benzene rings is 3. The van der Waals surface area contributed by atoms with Gasteiger partial charge in [0.1, 0.15) is 23.3 Å². The summed E-state index contributed by atoms with van der Waals surface area (Å²) in [5.41, 5.74) is 0.826. The number of rotatable bonds is 5. The van der Waals surface area contributed by atoms with Gasteiger partial charge in [0.25, 0.3) is 5.91 Å². The lowest BCUT2D eigenvalue weighted by Crippen LogP contribution is -2.31. The van der Waals surface area contributed by atoms with Crippen molar-refractivity contribution < 1.29 is 27.9 Å². The van der Waals surface area contributed by atoms with Gasteiger partial charge in [0.2, 0.25) is 5.78 Å². The molecule has 5 nitrogen and oxygen atoms in total. The van der Waals surface area contributed by atoms with E-state index >= 15 is 0 Å². The number of methoxy groups -OCH3 is 1. The van der Waals surface area contributed by atoms with E-state index in [2.05, 4.69) is 0 Å². The number of hydrogen-bond donors (Lipinski definition) is 0. The van der Waals surface area contributed by atoms with Crippen LogP contribution in [0, 0.1) is 17.6 Å². The molecule has 0 aromatic heterocycles. The molecule has 2 atom stereocenters. The summed E-state index contributed by atoms with van der Waals surface area (Å²) in [6.07, 6.45) is 0. The van der Waals surface area contributed by atoms with E-state index in [1.54, 1.807) is 24.3 Å². The van der Waals surface area contributed by atoms with E-state index in [-0.39, 0.29) is 11.3 Å². The van der Waals surface area contributed by atoms with Gasteiger partial charge in [0.15, 0.2) is 5.78 Å². The van der Waals surface area contributed by atoms with Crippen molar-refractivity contribution >= 4 is 23.2 Å². The standard InChI is InChI=1S/C24H17F2NO4/c1-31-19-5-3-2-4-18(19)21-20(22(28)14-6-8-15(25)9-7-14)23(29)24(30)27(21)17-12-10-16(26)11-13-17/h2-13,20-21H,1H3. The Hall–Kier alpha value is -3.87. The first kappa shape index (κ1) is 20.4. The molecule has 0 radical (unpaired) electrons. The monoisotopic (exact) mass is 421 g/mol. The summed E-state index contributed by atoms with van der Waals surface area (Å²) < 4.78 is 32.2. The number of anilines is 1. The molecule has 1 aliphatic heterocycles. The molecule has 1 aliphatic rings. The highest BCUT2D eigenvalue weighted by Gasteiger charge is 2.53. The van der Waals surface area contributed by atoms with Crippen LogP contribution in [0.3, 0.4) is 0 Å². The number of nitrogens with zero attached hydrogens (tertiary/aromatic N) is 1. The third-order valence-electron chi connectivity index (χ3n) is 5.28. The predicted octanol–water partition coefficient (Wildman–Crippen LogP) is 4.13. The van der Waals surface area contributed by atoms with Crippen LogP contribution in [-0.4, -0.2) is 24.6 Å². The molecule has 1 heterocycles. The van der Waals surface area contributed by atoms with Crippen LogP contribution in [0.1, 0.15) is 22.0 Å². The molecule has 0 aliphatic carbocycles. The smallest absolute Gasteiger partial charge is 0.295 e. The number of halogens is 2. The van der Waals surface area contributed by atoms with Gasteiger partial charge >= 0.3 is 0 Å². The van der Waals surface area contributed by atoms with Crippen LogP contribution in [0.25, 0.3) is 0 Å². The second-order valence-electron chi connectivity index (χ2n) is 7.05. The first-order chi connectivity index (χ1) is 14.9. The Morgan fingerprint density at radius 2 is 1.45 bits per heavy atom. The highest BCUT2D eigenvalue weighted by molar-refractivity contribution is 6.49. The summed E-state index contributed by atoms with van der Waals surface area (Å²) >= 11 is 0. The molecule has 156 valence electrons. The minimum atomic E-state index is -1.38. The summed E-state index contributed by atoms with van der Waals surface area (Å²) in [6.45, 7) is 0. The van der Waals surface area contributed by atoms with E-state index in [4.69, 9.17) is 4.74 Å². The molecule has 3 aromatic rings. The van der Waals surface area contributed by atoms with Gasteiger partial charge in [-0.25, -0.2) is 8.78 Å². The molecule has 31 heavy (non-hydrogen) atoms. The van der Waals surface area contributed by atoms with Crippen molar-refractivity contribution in [3.8, 4) is 5.75 Å². The fraction of sp³-hybridized carbons (Fsp3) is 0.125. The van der Waals surface area contributed by atoms with Crippen LogP contribution < -0.4 is 9.64 Å². The molecule has 0 bridgehead atoms. The number of Topliss-reactive ketones (excluding diaryl/α,β-unsaturated/α-hetero) is 2. The largest absolute Gasteiger partial charge is 0.496 e. The van der Waals surface area contributed by atoms with E-state index in [0.29, 0.717) is 11.3 Å². The van der Waals surface area contributed by atoms with E-state index in [0.717, 1.165) is 12.1 Å². The van der Waals surface area contributed by atoms with E-state index in [1.165, 1.54) is 48.4 Å². The van der Waals surface area contributed by atoms with Gasteiger partial charge in [-0.3, -0.25) is 19.3 Å². The van der Waals surface area contributed by atoms with Gasteiger partial charge < -0.3 is 4.74 Å². The zero-order valence-corrected chi connectivity index (χ0v) is 16.4. The summed E-state index contributed by atoms with van der Waals surface area (Å²) in [4.78, 5) is 40.5. The Morgan fingerprint density at radius 1 is 0.871 bits per heavy atom. The molecule has 0 saturated carbocycles. The Labute approximate surface area is 176 Å². The van der Waals surface area contributed by atoms with Crippen LogP contribution in [0.5, 0.6) is 5.75 Å². The molecule has 1 saturated heterocycles. The third-order valence-corrected chi connectivity index (χ3v) is 5.28. The van der Waals surface area contributed by atoms with Crippen molar-refractivity contribution in [1.82, 2.24) is 0 Å². The first-order valence-electron chi connectivity index (χ1n) is 9.48. The topological polar surface area (TPSA) is 63.7 Å². The highest BCUT2D eigenvalue weighted by atomic mass is 19.1. The van der Waals surface area contributed by atoms with Crippen LogP contribution >= 0.6 is 0 Å². The van der Waals surface area contributed by atoms with Crippen LogP contribution in [0.15, 0.2) is 72.8 Å². The number of ether oxygens (including phenoxy) is 1. The number of carbonyl (C=O) groups excluding carboxylic acids is 3. The minimum Gasteiger partial charge on any atom is -0.496 e. The summed E-state index contributed by atoms with van der Waals surface area (Å²) in [7, 11) is 1.44. The zero-order chi connectivity index (χ0) is 22.1. The molecule has 1 amide bonds. The Balaban J connectivity index is 1.89. The van der Waals surface area contributed by atoms with Crippen molar-refractivity contribution in [2.45, 2.75) is 6.04 Å². The second-order valence-corrected chi connectivity index (χ2v) is 7.05. The van der Waals surface area contributed by atoms with Crippen molar-refractivity contribution in [2.75, 3.05) is 12.0 Å². The molecule has 0 spiro atoms. The first-order valence-corrected chi connectivity index (χ1v) is 9.48. The molecule has 3 aromatic carbocycles. The number of carbonyl (C=O) groups is 3. The molecule has 7 heteroatoms. The van der Waals surface area contributed by atoms with Crippen molar-refractivity contribution in [3.05, 3.63) is 95.6 Å². The summed E-state index contributed by atoms with van der Waals surface area (Å²) in [6, 6.07) is 15.6. The van der Waals surface area contributed by atoms with Crippen LogP contribution in [0.4, 0.5) is 14.5 Å². The van der Waals surface area contributed by atoms with E-state index < -0.39 is 41.1 Å². The van der Waals surface area contributed by atoms with Gasteiger partial charge in [0.05, 0.1) is 13.2 Å². The lowest BCUT2D eigenvalue weighted by atomic mass is 9.86. The predicted molar refractivity (Wildman–Crippen MR) is 109 cm³/mol. The van der Waals surface area contributed by atoms with Crippen molar-refractivity contribution in [3.63, 3.8) is 0 Å². The average molecular weight is 421 g/mol. The van der Waals surface area contributed by atoms with E-state index in [9.17, 15) is 23.2 Å². The summed E-state index contributed by atoms with van der Waals surface area (Å²) in [5, 5.41) is 0. The molecule has 0 N–H and O–H groups in total. The van der Waals surface area contributed by atoms with Gasteiger partial charge in [-0.05, 0) is 54.6 Å². The summed E-state index contributed by atoms with van der Waals surface area (Å²) in [5.74, 6) is -4.41. The van der Waals surface area contributed by atoms with Crippen LogP contribution in [0.2, 0.25) is 0 Å². The zero-order valence-electron chi connectivity index (χ0n) is 16.4. The van der Waals surface area contributed by atoms with Gasteiger partial charge in [0, 0.05) is 16.8 Å². The quantitative estimate of drug-likeness (QED) is 0.353. The van der Waals surface area contributed by atoms with Crippen molar-refractivity contribution in [1.29, 1.82) is 0 Å². The number of hydrogen-bond acceptors (Lipinski definition) is 4. The molecular formula is C24H17F2NO4. The number of ketones is 2. The maximum absolute atomic E-state index is 13.5. The Kier molecular flexibility index (Phi) is 5.33. The lowest BCUT2D eigenvalue weighted by Gasteiger charge is -2.28. The van der Waals surface area contributed by atoms with Gasteiger partial charge in [-0.15, -0.1) is 0 Å². The molecular weight excluding hydrogens is 404 g/mol. The maximum Gasteiger partial charge on any atom is 0.295 e. The molecule has 2 unspecified atom stereocenters. The number of para-hydroxylation sites is 1. The van der Waals surface area contributed by atoms with E-state index in [1.807, 2.05) is 0 Å². The Bertz CT molecular complexity index is 1160. The number of amides is 1. The van der Waals surface area contributed by atoms with Gasteiger partial charge in [-0.2, -0.15) is 0 Å². The average Bonchev–Trinajstić information content (AvgIpc) is 3.05.